The molecule has 0 fully saturated rings. The first kappa shape index (κ1) is 24.4. The number of carbonyl (C=O) groups is 1. The SMILES string of the molecule is CCCCCCC(O)CC(Br)C(Br)CCCCCCCC(=O)OC. The Morgan fingerprint density at radius 2 is 1.50 bits per heavy atom. The zero-order valence-electron chi connectivity index (χ0n) is 15.4. The second-order valence-corrected chi connectivity index (χ2v) is 9.01. The van der Waals surface area contributed by atoms with Crippen LogP contribution in [0, 0.1) is 0 Å². The minimum Gasteiger partial charge on any atom is -0.469 e. The minimum atomic E-state index is -0.190. The molecule has 1 N–H and O–H groups in total. The maximum atomic E-state index is 11.0. The van der Waals surface area contributed by atoms with Crippen LogP contribution in [0.2, 0.25) is 0 Å². The Balaban J connectivity index is 3.57. The molecule has 0 aromatic heterocycles. The molecule has 0 spiro atoms. The van der Waals surface area contributed by atoms with Gasteiger partial charge in [0.25, 0.3) is 0 Å². The van der Waals surface area contributed by atoms with Crippen LogP contribution in [0.4, 0.5) is 0 Å². The number of aliphatic hydroxyl groups is 1. The van der Waals surface area contributed by atoms with Crippen LogP contribution in [0.1, 0.15) is 90.4 Å². The molecular formula is C19H36Br2O3. The smallest absolute Gasteiger partial charge is 0.305 e. The van der Waals surface area contributed by atoms with Crippen LogP contribution in [-0.2, 0) is 9.53 Å². The summed E-state index contributed by atoms with van der Waals surface area (Å²) in [6, 6.07) is 0. The fourth-order valence-corrected chi connectivity index (χ4v) is 3.99. The zero-order chi connectivity index (χ0) is 18.2. The van der Waals surface area contributed by atoms with Crippen molar-refractivity contribution in [3.05, 3.63) is 0 Å². The van der Waals surface area contributed by atoms with E-state index >= 15 is 0 Å². The molecule has 3 atom stereocenters. The van der Waals surface area contributed by atoms with Gasteiger partial charge < -0.3 is 9.84 Å². The van der Waals surface area contributed by atoms with Gasteiger partial charge in [-0.3, -0.25) is 4.79 Å². The lowest BCUT2D eigenvalue weighted by atomic mass is 10.0. The first-order valence-corrected chi connectivity index (χ1v) is 11.4. The molecule has 0 radical (unpaired) electrons. The zero-order valence-corrected chi connectivity index (χ0v) is 18.6. The molecule has 0 rings (SSSR count). The number of hydrogen-bond acceptors (Lipinski definition) is 3. The second-order valence-electron chi connectivity index (χ2n) is 6.65. The molecule has 0 saturated carbocycles. The van der Waals surface area contributed by atoms with Gasteiger partial charge in [-0.2, -0.15) is 0 Å². The quantitative estimate of drug-likeness (QED) is 0.167. The Kier molecular flexibility index (Phi) is 17.1. The van der Waals surface area contributed by atoms with Gasteiger partial charge in [-0.15, -0.1) is 0 Å². The van der Waals surface area contributed by atoms with Crippen LogP contribution in [0.5, 0.6) is 0 Å². The van der Waals surface area contributed by atoms with Crippen molar-refractivity contribution in [2.75, 3.05) is 7.11 Å². The second kappa shape index (κ2) is 16.8. The van der Waals surface area contributed by atoms with Crippen molar-refractivity contribution in [3.63, 3.8) is 0 Å². The maximum Gasteiger partial charge on any atom is 0.305 e. The molecule has 0 amide bonds. The highest BCUT2D eigenvalue weighted by Crippen LogP contribution is 2.26. The highest BCUT2D eigenvalue weighted by molar-refractivity contribution is 9.12. The number of aliphatic hydroxyl groups excluding tert-OH is 1. The highest BCUT2D eigenvalue weighted by Gasteiger charge is 2.19. The summed E-state index contributed by atoms with van der Waals surface area (Å²) in [6.45, 7) is 2.21. The lowest BCUT2D eigenvalue weighted by molar-refractivity contribution is -0.140. The van der Waals surface area contributed by atoms with E-state index in [-0.39, 0.29) is 12.1 Å². The molecule has 0 aliphatic heterocycles. The molecule has 0 aliphatic carbocycles. The normalized spacial score (nSPS) is 15.0. The summed E-state index contributed by atoms with van der Waals surface area (Å²) in [5.74, 6) is -0.106. The third-order valence-corrected chi connectivity index (χ3v) is 7.19. The van der Waals surface area contributed by atoms with Crippen molar-refractivity contribution in [2.45, 2.75) is 106 Å². The lowest BCUT2D eigenvalue weighted by Crippen LogP contribution is -2.21. The number of hydrogen-bond donors (Lipinski definition) is 1. The number of methoxy groups -OCH3 is 1. The highest BCUT2D eigenvalue weighted by atomic mass is 79.9. The van der Waals surface area contributed by atoms with E-state index in [0.29, 0.717) is 16.1 Å². The summed E-state index contributed by atoms with van der Waals surface area (Å²) >= 11 is 7.48. The molecule has 24 heavy (non-hydrogen) atoms. The van der Waals surface area contributed by atoms with Crippen LogP contribution < -0.4 is 0 Å². The molecule has 0 heterocycles. The summed E-state index contributed by atoms with van der Waals surface area (Å²) in [4.78, 5) is 11.7. The van der Waals surface area contributed by atoms with E-state index in [1.165, 1.54) is 45.6 Å². The van der Waals surface area contributed by atoms with Crippen molar-refractivity contribution in [2.24, 2.45) is 0 Å². The van der Waals surface area contributed by atoms with E-state index in [4.69, 9.17) is 0 Å². The predicted octanol–water partition coefficient (Wildman–Crippen LogP) is 6.14. The Bertz CT molecular complexity index is 300. The number of alkyl halides is 2. The van der Waals surface area contributed by atoms with Gasteiger partial charge in [0.15, 0.2) is 0 Å². The molecule has 5 heteroatoms. The van der Waals surface area contributed by atoms with Gasteiger partial charge in [-0.25, -0.2) is 0 Å². The van der Waals surface area contributed by atoms with E-state index < -0.39 is 0 Å². The average Bonchev–Trinajstić information content (AvgIpc) is 2.57. The van der Waals surface area contributed by atoms with Gasteiger partial charge in [-0.05, 0) is 25.7 Å². The summed E-state index contributed by atoms with van der Waals surface area (Å²) in [5.41, 5.74) is 0. The Morgan fingerprint density at radius 1 is 0.917 bits per heavy atom. The Morgan fingerprint density at radius 3 is 2.17 bits per heavy atom. The van der Waals surface area contributed by atoms with Crippen LogP contribution >= 0.6 is 31.9 Å². The first-order chi connectivity index (χ1) is 11.5. The number of unbranched alkanes of at least 4 members (excludes halogenated alkanes) is 7. The lowest BCUT2D eigenvalue weighted by Gasteiger charge is -2.20. The van der Waals surface area contributed by atoms with Gasteiger partial charge in [0, 0.05) is 16.1 Å². The number of halogens is 2. The van der Waals surface area contributed by atoms with Crippen molar-refractivity contribution in [1.82, 2.24) is 0 Å². The standard InChI is InChI=1S/C19H36Br2O3/c1-3-4-5-9-12-16(22)15-18(21)17(20)13-10-7-6-8-11-14-19(23)24-2/h16-18,22H,3-15H2,1-2H3. The van der Waals surface area contributed by atoms with Crippen LogP contribution in [0.15, 0.2) is 0 Å². The van der Waals surface area contributed by atoms with Crippen LogP contribution in [0.3, 0.4) is 0 Å². The molecule has 0 aliphatic rings. The third kappa shape index (κ3) is 14.7. The molecular weight excluding hydrogens is 436 g/mol. The average molecular weight is 472 g/mol. The maximum absolute atomic E-state index is 11.0. The predicted molar refractivity (Wildman–Crippen MR) is 109 cm³/mol. The van der Waals surface area contributed by atoms with Gasteiger partial charge in [0.1, 0.15) is 0 Å². The number of ether oxygens (including phenoxy) is 1. The van der Waals surface area contributed by atoms with Crippen molar-refractivity contribution in [1.29, 1.82) is 0 Å². The van der Waals surface area contributed by atoms with E-state index in [1.54, 1.807) is 0 Å². The molecule has 3 unspecified atom stereocenters. The molecule has 0 bridgehead atoms. The van der Waals surface area contributed by atoms with E-state index in [1.807, 2.05) is 0 Å². The van der Waals surface area contributed by atoms with Crippen molar-refractivity contribution in [3.8, 4) is 0 Å². The molecule has 0 aromatic rings. The summed E-state index contributed by atoms with van der Waals surface area (Å²) < 4.78 is 4.63. The fraction of sp³-hybridized carbons (Fsp3) is 0.947. The summed E-state index contributed by atoms with van der Waals surface area (Å²) in [7, 11) is 1.44. The topological polar surface area (TPSA) is 46.5 Å². The molecule has 0 saturated heterocycles. The third-order valence-electron chi connectivity index (χ3n) is 4.37. The Labute approximate surface area is 165 Å². The largest absolute Gasteiger partial charge is 0.469 e. The molecule has 3 nitrogen and oxygen atoms in total. The van der Waals surface area contributed by atoms with E-state index in [9.17, 15) is 9.90 Å². The van der Waals surface area contributed by atoms with Crippen LogP contribution in [0.25, 0.3) is 0 Å². The summed E-state index contributed by atoms with van der Waals surface area (Å²) in [5, 5.41) is 10.1. The first-order valence-electron chi connectivity index (χ1n) is 9.54. The van der Waals surface area contributed by atoms with Gasteiger partial charge >= 0.3 is 5.97 Å². The van der Waals surface area contributed by atoms with Crippen molar-refractivity contribution < 1.29 is 14.6 Å². The summed E-state index contributed by atoms with van der Waals surface area (Å²) in [6.07, 6.45) is 13.7. The molecule has 144 valence electrons. The number of rotatable bonds is 16. The van der Waals surface area contributed by atoms with Gasteiger partial charge in [0.05, 0.1) is 13.2 Å². The fourth-order valence-electron chi connectivity index (χ4n) is 2.75. The minimum absolute atomic E-state index is 0.106. The molecule has 0 aromatic carbocycles. The monoisotopic (exact) mass is 470 g/mol. The van der Waals surface area contributed by atoms with E-state index in [2.05, 4.69) is 43.5 Å². The van der Waals surface area contributed by atoms with Gasteiger partial charge in [-0.1, -0.05) is 90.2 Å². The number of carbonyl (C=O) groups excluding carboxylic acids is 1. The van der Waals surface area contributed by atoms with Crippen molar-refractivity contribution >= 4 is 37.8 Å². The van der Waals surface area contributed by atoms with E-state index in [0.717, 1.165) is 38.5 Å². The number of esters is 1. The van der Waals surface area contributed by atoms with Gasteiger partial charge in [0.2, 0.25) is 0 Å². The Hall–Kier alpha value is 0.390. The van der Waals surface area contributed by atoms with Crippen LogP contribution in [-0.4, -0.2) is 33.9 Å².